The van der Waals surface area contributed by atoms with Gasteiger partial charge in [0.25, 0.3) is 0 Å². The number of rotatable bonds is 14. The molecule has 0 radical (unpaired) electrons. The molecule has 1 aromatic rings. The highest BCUT2D eigenvalue weighted by atomic mass is 16.7. The maximum Gasteiger partial charge on any atom is 0.431 e. The van der Waals surface area contributed by atoms with Crippen molar-refractivity contribution in [2.75, 3.05) is 11.9 Å². The molecular formula is C30H48N2O9. The molecule has 0 bridgehead atoms. The maximum atomic E-state index is 12.5. The summed E-state index contributed by atoms with van der Waals surface area (Å²) >= 11 is 0. The number of hydrogen-bond donors (Lipinski definition) is 3. The molecule has 0 aromatic heterocycles. The van der Waals surface area contributed by atoms with Gasteiger partial charge in [0.1, 0.15) is 11.4 Å². The van der Waals surface area contributed by atoms with E-state index in [2.05, 4.69) is 10.8 Å². The van der Waals surface area contributed by atoms with Crippen LogP contribution in [0.1, 0.15) is 92.6 Å². The Morgan fingerprint density at radius 3 is 2.34 bits per heavy atom. The fourth-order valence-corrected chi connectivity index (χ4v) is 4.48. The number of ether oxygens (including phenoxy) is 4. The van der Waals surface area contributed by atoms with Crippen molar-refractivity contribution in [3.05, 3.63) is 23.8 Å². The van der Waals surface area contributed by atoms with Gasteiger partial charge in [-0.3, -0.25) is 14.4 Å². The van der Waals surface area contributed by atoms with E-state index >= 15 is 0 Å². The highest BCUT2D eigenvalue weighted by molar-refractivity contribution is 5.90. The van der Waals surface area contributed by atoms with Crippen LogP contribution in [-0.2, 0) is 35.2 Å². The molecule has 1 aliphatic heterocycles. The Morgan fingerprint density at radius 1 is 1.00 bits per heavy atom. The lowest BCUT2D eigenvalue weighted by Crippen LogP contribution is -2.52. The van der Waals surface area contributed by atoms with Gasteiger partial charge in [0.2, 0.25) is 12.2 Å². The molecule has 1 aromatic carbocycles. The smallest absolute Gasteiger partial charge is 0.431 e. The van der Waals surface area contributed by atoms with Crippen molar-refractivity contribution in [2.24, 2.45) is 11.8 Å². The molecule has 2 rings (SSSR count). The Labute approximate surface area is 243 Å². The molecular weight excluding hydrogens is 532 g/mol. The second-order valence-corrected chi connectivity index (χ2v) is 11.6. The molecule has 2 amide bonds. The monoisotopic (exact) mass is 580 g/mol. The third-order valence-corrected chi connectivity index (χ3v) is 6.97. The fraction of sp³-hybridized carbons (Fsp3) is 0.700. The predicted molar refractivity (Wildman–Crippen MR) is 153 cm³/mol. The van der Waals surface area contributed by atoms with Crippen molar-refractivity contribution in [3.63, 3.8) is 0 Å². The minimum atomic E-state index is -0.821. The zero-order valence-corrected chi connectivity index (χ0v) is 25.5. The van der Waals surface area contributed by atoms with E-state index in [1.165, 1.54) is 6.92 Å². The summed E-state index contributed by atoms with van der Waals surface area (Å²) in [5.74, 6) is 0.0406. The summed E-state index contributed by atoms with van der Waals surface area (Å²) in [4.78, 5) is 40.8. The molecule has 3 N–H and O–H groups in total. The Morgan fingerprint density at radius 2 is 1.68 bits per heavy atom. The quantitative estimate of drug-likeness (QED) is 0.153. The van der Waals surface area contributed by atoms with Crippen LogP contribution < -0.4 is 15.5 Å². The van der Waals surface area contributed by atoms with Gasteiger partial charge in [0, 0.05) is 30.5 Å². The van der Waals surface area contributed by atoms with E-state index in [0.29, 0.717) is 30.0 Å². The van der Waals surface area contributed by atoms with Crippen molar-refractivity contribution in [1.29, 1.82) is 0 Å². The Hall–Kier alpha value is -2.89. The van der Waals surface area contributed by atoms with Gasteiger partial charge in [0.15, 0.2) is 6.10 Å². The molecule has 0 saturated carbocycles. The topological polar surface area (TPSA) is 142 Å². The van der Waals surface area contributed by atoms with Gasteiger partial charge in [-0.15, -0.1) is 0 Å². The summed E-state index contributed by atoms with van der Waals surface area (Å²) in [7, 11) is 0. The van der Waals surface area contributed by atoms with Crippen LogP contribution in [0.15, 0.2) is 18.2 Å². The van der Waals surface area contributed by atoms with E-state index in [0.717, 1.165) is 32.1 Å². The van der Waals surface area contributed by atoms with E-state index in [-0.39, 0.29) is 30.5 Å². The number of aliphatic hydroxyl groups excluding tert-OH is 1. The second kappa shape index (κ2) is 16.5. The highest BCUT2D eigenvalue weighted by Gasteiger charge is 2.43. The number of carbonyl (C=O) groups excluding carboxylic acids is 3. The average Bonchev–Trinajstić information content (AvgIpc) is 2.88. The molecule has 1 fully saturated rings. The number of carbonyl (C=O) groups is 3. The lowest BCUT2D eigenvalue weighted by atomic mass is 9.84. The minimum absolute atomic E-state index is 0.0123. The Balaban J connectivity index is 1.75. The van der Waals surface area contributed by atoms with E-state index < -0.39 is 30.1 Å². The van der Waals surface area contributed by atoms with Crippen molar-refractivity contribution in [2.45, 2.75) is 118 Å². The summed E-state index contributed by atoms with van der Waals surface area (Å²) < 4.78 is 22.7. The van der Waals surface area contributed by atoms with Crippen LogP contribution in [0.25, 0.3) is 0 Å². The molecule has 1 saturated heterocycles. The molecule has 1 heterocycles. The van der Waals surface area contributed by atoms with Gasteiger partial charge < -0.3 is 29.4 Å². The van der Waals surface area contributed by atoms with Gasteiger partial charge in [-0.05, 0) is 64.7 Å². The van der Waals surface area contributed by atoms with Crippen molar-refractivity contribution < 1.29 is 43.3 Å². The van der Waals surface area contributed by atoms with Gasteiger partial charge >= 0.3 is 12.1 Å². The molecule has 11 heteroatoms. The van der Waals surface area contributed by atoms with Crippen molar-refractivity contribution in [1.82, 2.24) is 5.48 Å². The first-order chi connectivity index (χ1) is 19.3. The van der Waals surface area contributed by atoms with Gasteiger partial charge in [-0.25, -0.2) is 4.79 Å². The van der Waals surface area contributed by atoms with Crippen molar-refractivity contribution >= 4 is 23.7 Å². The zero-order chi connectivity index (χ0) is 30.6. The van der Waals surface area contributed by atoms with Gasteiger partial charge in [-0.2, -0.15) is 5.48 Å². The predicted octanol–water partition coefficient (Wildman–Crippen LogP) is 5.24. The SMILES string of the molecule is CC(=O)OC1C(Oc2ccc(NC(=O)CCCCCCCONC(=O)OC(C)(C)C)cc2CO)OC(C)C(C)C1C. The first kappa shape index (κ1) is 34.3. The molecule has 0 spiro atoms. The first-order valence-electron chi connectivity index (χ1n) is 14.4. The van der Waals surface area contributed by atoms with E-state index in [9.17, 15) is 19.5 Å². The molecule has 232 valence electrons. The Bertz CT molecular complexity index is 995. The average molecular weight is 581 g/mol. The summed E-state index contributed by atoms with van der Waals surface area (Å²) in [6, 6.07) is 5.04. The number of unbranched alkanes of at least 4 members (excludes halogenated alkanes) is 4. The van der Waals surface area contributed by atoms with Crippen LogP contribution in [0.3, 0.4) is 0 Å². The van der Waals surface area contributed by atoms with Crippen LogP contribution in [0.2, 0.25) is 0 Å². The van der Waals surface area contributed by atoms with E-state index in [4.69, 9.17) is 23.8 Å². The van der Waals surface area contributed by atoms with E-state index in [1.807, 2.05) is 20.8 Å². The number of hydroxylamine groups is 1. The molecule has 1 aliphatic rings. The van der Waals surface area contributed by atoms with Gasteiger partial charge in [-0.1, -0.05) is 33.1 Å². The van der Waals surface area contributed by atoms with Crippen LogP contribution in [0.5, 0.6) is 5.75 Å². The zero-order valence-electron chi connectivity index (χ0n) is 25.5. The van der Waals surface area contributed by atoms with Crippen LogP contribution in [-0.4, -0.2) is 53.8 Å². The fourth-order valence-electron chi connectivity index (χ4n) is 4.48. The number of nitrogens with one attached hydrogen (secondary N) is 2. The van der Waals surface area contributed by atoms with Crippen LogP contribution >= 0.6 is 0 Å². The maximum absolute atomic E-state index is 12.5. The molecule has 5 atom stereocenters. The third-order valence-electron chi connectivity index (χ3n) is 6.97. The third kappa shape index (κ3) is 12.2. The lowest BCUT2D eigenvalue weighted by Gasteiger charge is -2.42. The lowest BCUT2D eigenvalue weighted by molar-refractivity contribution is -0.243. The second-order valence-electron chi connectivity index (χ2n) is 11.6. The Kier molecular flexibility index (Phi) is 13.8. The van der Waals surface area contributed by atoms with Crippen LogP contribution in [0.4, 0.5) is 10.5 Å². The minimum Gasteiger partial charge on any atom is -0.460 e. The number of benzene rings is 1. The molecule has 0 aliphatic carbocycles. The van der Waals surface area contributed by atoms with Crippen molar-refractivity contribution in [3.8, 4) is 5.75 Å². The molecule has 11 nitrogen and oxygen atoms in total. The number of aliphatic hydroxyl groups is 1. The standard InChI is InChI=1S/C30H48N2O9/c1-19-20(2)27(39-22(4)34)28(38-21(19)3)40-25-15-14-24(17-23(25)18-33)31-26(35)13-11-9-8-10-12-16-37-32-29(36)41-30(5,6)7/h14-15,17,19-21,27-28,33H,8-13,16,18H2,1-7H3,(H,31,35)(H,32,36). The van der Waals surface area contributed by atoms with E-state index in [1.54, 1.807) is 39.0 Å². The first-order valence-corrected chi connectivity index (χ1v) is 14.4. The molecule has 5 unspecified atom stereocenters. The number of esters is 1. The molecule has 41 heavy (non-hydrogen) atoms. The normalized spacial score (nSPS) is 22.5. The number of amides is 2. The summed E-state index contributed by atoms with van der Waals surface area (Å²) in [5.41, 5.74) is 2.73. The largest absolute Gasteiger partial charge is 0.460 e. The number of anilines is 1. The summed E-state index contributed by atoms with van der Waals surface area (Å²) in [6.07, 6.45) is 2.51. The summed E-state index contributed by atoms with van der Waals surface area (Å²) in [6.45, 7) is 12.8. The van der Waals surface area contributed by atoms with Crippen LogP contribution in [0, 0.1) is 11.8 Å². The number of hydrogen-bond acceptors (Lipinski definition) is 9. The summed E-state index contributed by atoms with van der Waals surface area (Å²) in [5, 5.41) is 12.8. The van der Waals surface area contributed by atoms with Gasteiger partial charge in [0.05, 0.1) is 19.3 Å². The highest BCUT2D eigenvalue weighted by Crippen LogP contribution is 2.35.